The Labute approximate surface area is 154 Å². The molecule has 0 unspecified atom stereocenters. The smallest absolute Gasteiger partial charge is 0.309 e. The summed E-state index contributed by atoms with van der Waals surface area (Å²) in [7, 11) is 0. The van der Waals surface area contributed by atoms with E-state index in [1.807, 2.05) is 11.4 Å². The molecule has 0 saturated carbocycles. The van der Waals surface area contributed by atoms with Crippen LogP contribution in [0.4, 0.5) is 4.39 Å². The third-order valence-electron chi connectivity index (χ3n) is 4.37. The third-order valence-corrected chi connectivity index (χ3v) is 5.23. The lowest BCUT2D eigenvalue weighted by Gasteiger charge is -2.30. The molecule has 0 spiro atoms. The molecule has 0 radical (unpaired) electrons. The van der Waals surface area contributed by atoms with Crippen molar-refractivity contribution in [1.29, 1.82) is 0 Å². The molecule has 7 heteroatoms. The molecule has 1 saturated heterocycles. The second-order valence-corrected chi connectivity index (χ2v) is 7.00. The van der Waals surface area contributed by atoms with Crippen molar-refractivity contribution in [2.24, 2.45) is 5.92 Å². The Morgan fingerprint density at radius 2 is 1.85 bits per heavy atom. The molecule has 2 aromatic rings. The van der Waals surface area contributed by atoms with E-state index in [1.54, 1.807) is 17.0 Å². The van der Waals surface area contributed by atoms with Crippen LogP contribution in [-0.2, 0) is 9.53 Å². The number of carbonyl (C=O) groups is 3. The molecule has 136 valence electrons. The Morgan fingerprint density at radius 1 is 1.12 bits per heavy atom. The van der Waals surface area contributed by atoms with Gasteiger partial charge in [0.15, 0.2) is 6.61 Å². The van der Waals surface area contributed by atoms with Crippen molar-refractivity contribution in [3.8, 4) is 0 Å². The van der Waals surface area contributed by atoms with Gasteiger partial charge in [0, 0.05) is 13.1 Å². The third kappa shape index (κ3) is 4.16. The number of ether oxygens (including phenoxy) is 1. The number of hydrogen-bond donors (Lipinski definition) is 0. The van der Waals surface area contributed by atoms with Gasteiger partial charge in [-0.05, 0) is 36.4 Å². The number of esters is 1. The summed E-state index contributed by atoms with van der Waals surface area (Å²) in [6.07, 6.45) is 0.980. The zero-order valence-corrected chi connectivity index (χ0v) is 14.8. The molecule has 1 aromatic heterocycles. The van der Waals surface area contributed by atoms with E-state index in [2.05, 4.69) is 0 Å². The highest BCUT2D eigenvalue weighted by molar-refractivity contribution is 7.12. The maximum Gasteiger partial charge on any atom is 0.309 e. The van der Waals surface area contributed by atoms with Crippen molar-refractivity contribution >= 4 is 29.0 Å². The van der Waals surface area contributed by atoms with Crippen LogP contribution in [0.15, 0.2) is 41.8 Å². The van der Waals surface area contributed by atoms with E-state index in [1.165, 1.54) is 29.5 Å². The fraction of sp³-hybridized carbons (Fsp3) is 0.316. The SMILES string of the molecule is O=C(COC(=O)C1CCN(C(=O)c2cccs2)CC1)c1ccccc1F. The number of Topliss-reactive ketones (excluding diaryl/α,β-unsaturated/α-hetero) is 1. The molecule has 0 bridgehead atoms. The molecule has 0 N–H and O–H groups in total. The zero-order valence-electron chi connectivity index (χ0n) is 14.0. The quantitative estimate of drug-likeness (QED) is 0.595. The average molecular weight is 375 g/mol. The standard InChI is InChI=1S/C19H18FNO4S/c20-15-5-2-1-4-14(15)16(22)12-25-19(24)13-7-9-21(10-8-13)18(23)17-6-3-11-26-17/h1-6,11,13H,7-10,12H2. The monoisotopic (exact) mass is 375 g/mol. The molecule has 2 heterocycles. The van der Waals surface area contributed by atoms with Crippen LogP contribution in [-0.4, -0.2) is 42.3 Å². The van der Waals surface area contributed by atoms with Crippen molar-refractivity contribution in [3.63, 3.8) is 0 Å². The number of nitrogens with zero attached hydrogens (tertiary/aromatic N) is 1. The van der Waals surface area contributed by atoms with E-state index in [4.69, 9.17) is 4.74 Å². The van der Waals surface area contributed by atoms with Gasteiger partial charge in [-0.2, -0.15) is 0 Å². The van der Waals surface area contributed by atoms with Crippen LogP contribution in [0.3, 0.4) is 0 Å². The van der Waals surface area contributed by atoms with E-state index >= 15 is 0 Å². The van der Waals surface area contributed by atoms with Gasteiger partial charge in [0.1, 0.15) is 5.82 Å². The molecule has 1 aliphatic rings. The highest BCUT2D eigenvalue weighted by Crippen LogP contribution is 2.22. The van der Waals surface area contributed by atoms with Gasteiger partial charge in [0.2, 0.25) is 5.78 Å². The van der Waals surface area contributed by atoms with Crippen molar-refractivity contribution in [1.82, 2.24) is 4.90 Å². The number of hydrogen-bond acceptors (Lipinski definition) is 5. The molecule has 1 aliphatic heterocycles. The van der Waals surface area contributed by atoms with Gasteiger partial charge in [0.05, 0.1) is 16.4 Å². The predicted molar refractivity (Wildman–Crippen MR) is 94.6 cm³/mol. The van der Waals surface area contributed by atoms with Crippen LogP contribution < -0.4 is 0 Å². The number of amides is 1. The van der Waals surface area contributed by atoms with Crippen LogP contribution in [0.2, 0.25) is 0 Å². The lowest BCUT2D eigenvalue weighted by molar-refractivity contribution is -0.148. The Bertz CT molecular complexity index is 798. The summed E-state index contributed by atoms with van der Waals surface area (Å²) < 4.78 is 18.6. The van der Waals surface area contributed by atoms with E-state index in [-0.39, 0.29) is 17.4 Å². The van der Waals surface area contributed by atoms with Gasteiger partial charge in [-0.25, -0.2) is 4.39 Å². The van der Waals surface area contributed by atoms with Gasteiger partial charge >= 0.3 is 5.97 Å². The van der Waals surface area contributed by atoms with E-state index in [0.717, 1.165) is 0 Å². The number of halogens is 1. The summed E-state index contributed by atoms with van der Waals surface area (Å²) in [5.74, 6) is -2.05. The van der Waals surface area contributed by atoms with Gasteiger partial charge in [-0.15, -0.1) is 11.3 Å². The number of piperidine rings is 1. The van der Waals surface area contributed by atoms with Gasteiger partial charge in [-0.1, -0.05) is 18.2 Å². The lowest BCUT2D eigenvalue weighted by Crippen LogP contribution is -2.40. The number of carbonyl (C=O) groups excluding carboxylic acids is 3. The lowest BCUT2D eigenvalue weighted by atomic mass is 9.97. The predicted octanol–water partition coefficient (Wildman–Crippen LogP) is 3.17. The molecule has 0 atom stereocenters. The highest BCUT2D eigenvalue weighted by Gasteiger charge is 2.29. The van der Waals surface area contributed by atoms with Crippen LogP contribution in [0.1, 0.15) is 32.9 Å². The van der Waals surface area contributed by atoms with Gasteiger partial charge < -0.3 is 9.64 Å². The normalized spacial score (nSPS) is 14.9. The topological polar surface area (TPSA) is 63.7 Å². The average Bonchev–Trinajstić information content (AvgIpc) is 3.20. The van der Waals surface area contributed by atoms with Gasteiger partial charge in [0.25, 0.3) is 5.91 Å². The van der Waals surface area contributed by atoms with Crippen LogP contribution >= 0.6 is 11.3 Å². The number of thiophene rings is 1. The van der Waals surface area contributed by atoms with Crippen molar-refractivity contribution in [3.05, 3.63) is 58.0 Å². The first kappa shape index (κ1) is 18.3. The fourth-order valence-electron chi connectivity index (χ4n) is 2.89. The maximum absolute atomic E-state index is 13.6. The Morgan fingerprint density at radius 3 is 2.50 bits per heavy atom. The summed E-state index contributed by atoms with van der Waals surface area (Å²) in [4.78, 5) is 38.8. The number of benzene rings is 1. The summed E-state index contributed by atoms with van der Waals surface area (Å²) in [5.41, 5.74) is -0.0864. The van der Waals surface area contributed by atoms with Gasteiger partial charge in [-0.3, -0.25) is 14.4 Å². The van der Waals surface area contributed by atoms with Crippen LogP contribution in [0.25, 0.3) is 0 Å². The Hall–Kier alpha value is -2.54. The Balaban J connectivity index is 1.47. The number of ketones is 1. The van der Waals surface area contributed by atoms with E-state index in [9.17, 15) is 18.8 Å². The number of likely N-dealkylation sites (tertiary alicyclic amines) is 1. The molecule has 1 amide bonds. The molecule has 0 aliphatic carbocycles. The molecule has 3 rings (SSSR count). The maximum atomic E-state index is 13.6. The largest absolute Gasteiger partial charge is 0.457 e. The molecular formula is C19H18FNO4S. The molecular weight excluding hydrogens is 357 g/mol. The van der Waals surface area contributed by atoms with Crippen molar-refractivity contribution < 1.29 is 23.5 Å². The Kier molecular flexibility index (Phi) is 5.78. The number of rotatable bonds is 5. The van der Waals surface area contributed by atoms with Crippen LogP contribution in [0.5, 0.6) is 0 Å². The van der Waals surface area contributed by atoms with E-state index < -0.39 is 24.2 Å². The summed E-state index contributed by atoms with van der Waals surface area (Å²) in [5, 5.41) is 1.85. The van der Waals surface area contributed by atoms with Crippen LogP contribution in [0, 0.1) is 11.7 Å². The summed E-state index contributed by atoms with van der Waals surface area (Å²) >= 11 is 1.39. The van der Waals surface area contributed by atoms with E-state index in [0.29, 0.717) is 30.8 Å². The summed E-state index contributed by atoms with van der Waals surface area (Å²) in [6.45, 7) is 0.462. The molecule has 1 fully saturated rings. The first-order chi connectivity index (χ1) is 12.6. The minimum absolute atomic E-state index is 0.0263. The highest BCUT2D eigenvalue weighted by atomic mass is 32.1. The minimum Gasteiger partial charge on any atom is -0.457 e. The molecule has 1 aromatic carbocycles. The second-order valence-electron chi connectivity index (χ2n) is 6.05. The van der Waals surface area contributed by atoms with Crippen molar-refractivity contribution in [2.45, 2.75) is 12.8 Å². The molecule has 5 nitrogen and oxygen atoms in total. The second kappa shape index (κ2) is 8.23. The first-order valence-electron chi connectivity index (χ1n) is 8.33. The van der Waals surface area contributed by atoms with Crippen molar-refractivity contribution in [2.75, 3.05) is 19.7 Å². The summed E-state index contributed by atoms with van der Waals surface area (Å²) in [6, 6.07) is 9.20. The molecule has 26 heavy (non-hydrogen) atoms. The minimum atomic E-state index is -0.631. The fourth-order valence-corrected chi connectivity index (χ4v) is 3.58. The zero-order chi connectivity index (χ0) is 18.5. The first-order valence-corrected chi connectivity index (χ1v) is 9.21.